The second-order valence-corrected chi connectivity index (χ2v) is 2.55. The molecular weight excluding hydrogens is 114 g/mol. The van der Waals surface area contributed by atoms with Crippen molar-refractivity contribution in [2.45, 2.75) is 18.9 Å². The fourth-order valence-electron chi connectivity index (χ4n) is 1.10. The van der Waals surface area contributed by atoms with Gasteiger partial charge in [0, 0.05) is 18.6 Å². The second-order valence-electron chi connectivity index (χ2n) is 2.55. The molecular formula is C7H13NO. The van der Waals surface area contributed by atoms with E-state index in [0.29, 0.717) is 5.92 Å². The Bertz CT molecular complexity index is 111. The molecule has 3 N–H and O–H groups in total. The van der Waals surface area contributed by atoms with E-state index in [1.807, 2.05) is 0 Å². The van der Waals surface area contributed by atoms with Crippen molar-refractivity contribution < 1.29 is 5.11 Å². The van der Waals surface area contributed by atoms with Gasteiger partial charge in [0.2, 0.25) is 0 Å². The van der Waals surface area contributed by atoms with Crippen LogP contribution in [-0.2, 0) is 0 Å². The van der Waals surface area contributed by atoms with Crippen molar-refractivity contribution in [2.75, 3.05) is 6.61 Å². The highest BCUT2D eigenvalue weighted by molar-refractivity contribution is 4.96. The number of hydrogen-bond donors (Lipinski definition) is 2. The fraction of sp³-hybridized carbons (Fsp3) is 0.714. The maximum absolute atomic E-state index is 8.75. The van der Waals surface area contributed by atoms with Gasteiger partial charge in [-0.05, 0) is 12.8 Å². The molecule has 0 amide bonds. The third kappa shape index (κ3) is 1.53. The van der Waals surface area contributed by atoms with Gasteiger partial charge >= 0.3 is 0 Å². The lowest BCUT2D eigenvalue weighted by Crippen LogP contribution is -2.33. The third-order valence-electron chi connectivity index (χ3n) is 1.85. The molecule has 0 saturated heterocycles. The zero-order chi connectivity index (χ0) is 6.69. The molecule has 1 rings (SSSR count). The summed E-state index contributed by atoms with van der Waals surface area (Å²) in [6.07, 6.45) is 6.03. The van der Waals surface area contributed by atoms with Crippen molar-refractivity contribution in [1.29, 1.82) is 0 Å². The van der Waals surface area contributed by atoms with Gasteiger partial charge < -0.3 is 10.8 Å². The Balaban J connectivity index is 2.43. The Hall–Kier alpha value is -0.340. The van der Waals surface area contributed by atoms with E-state index in [4.69, 9.17) is 10.8 Å². The molecule has 2 nitrogen and oxygen atoms in total. The van der Waals surface area contributed by atoms with Gasteiger partial charge in [0.1, 0.15) is 0 Å². The lowest BCUT2D eigenvalue weighted by atomic mass is 9.91. The molecule has 52 valence electrons. The van der Waals surface area contributed by atoms with Crippen LogP contribution in [-0.4, -0.2) is 17.8 Å². The fourth-order valence-corrected chi connectivity index (χ4v) is 1.10. The van der Waals surface area contributed by atoms with Gasteiger partial charge in [0.25, 0.3) is 0 Å². The second kappa shape index (κ2) is 2.99. The first-order valence-electron chi connectivity index (χ1n) is 3.36. The van der Waals surface area contributed by atoms with Crippen LogP contribution in [0.25, 0.3) is 0 Å². The van der Waals surface area contributed by atoms with E-state index in [2.05, 4.69) is 12.2 Å². The van der Waals surface area contributed by atoms with Crippen LogP contribution in [0.1, 0.15) is 12.8 Å². The lowest BCUT2D eigenvalue weighted by Gasteiger charge is -2.22. The number of nitrogens with two attached hydrogens (primary N) is 1. The summed E-state index contributed by atoms with van der Waals surface area (Å²) in [5, 5.41) is 8.75. The van der Waals surface area contributed by atoms with Crippen LogP contribution < -0.4 is 5.73 Å². The van der Waals surface area contributed by atoms with E-state index in [9.17, 15) is 0 Å². The van der Waals surface area contributed by atoms with Crippen molar-refractivity contribution in [3.05, 3.63) is 12.2 Å². The average molecular weight is 127 g/mol. The number of rotatable bonds is 1. The molecule has 0 unspecified atom stereocenters. The average Bonchev–Trinajstić information content (AvgIpc) is 1.89. The summed E-state index contributed by atoms with van der Waals surface area (Å²) in [7, 11) is 0. The monoisotopic (exact) mass is 127 g/mol. The van der Waals surface area contributed by atoms with Gasteiger partial charge in [-0.15, -0.1) is 0 Å². The predicted octanol–water partition coefficient (Wildman–Crippen LogP) is 0.272. The van der Waals surface area contributed by atoms with Gasteiger partial charge in [0.05, 0.1) is 0 Å². The minimum atomic E-state index is 0.181. The Morgan fingerprint density at radius 3 is 2.56 bits per heavy atom. The zero-order valence-corrected chi connectivity index (χ0v) is 5.46. The summed E-state index contributed by atoms with van der Waals surface area (Å²) in [6, 6.07) is 0.181. The van der Waals surface area contributed by atoms with E-state index in [1.54, 1.807) is 0 Å². The van der Waals surface area contributed by atoms with E-state index in [-0.39, 0.29) is 12.6 Å². The van der Waals surface area contributed by atoms with Crippen molar-refractivity contribution >= 4 is 0 Å². The predicted molar refractivity (Wildman–Crippen MR) is 36.9 cm³/mol. The molecule has 0 fully saturated rings. The largest absolute Gasteiger partial charge is 0.396 e. The first-order valence-corrected chi connectivity index (χ1v) is 3.36. The maximum Gasteiger partial charge on any atom is 0.0477 e. The smallest absolute Gasteiger partial charge is 0.0477 e. The highest BCUT2D eigenvalue weighted by Crippen LogP contribution is 2.15. The summed E-state index contributed by atoms with van der Waals surface area (Å²) >= 11 is 0. The molecule has 0 saturated carbocycles. The summed E-state index contributed by atoms with van der Waals surface area (Å²) in [5.74, 6) is 0.301. The first-order chi connectivity index (χ1) is 4.34. The zero-order valence-electron chi connectivity index (χ0n) is 5.46. The minimum absolute atomic E-state index is 0.181. The molecule has 0 bridgehead atoms. The minimum Gasteiger partial charge on any atom is -0.396 e. The van der Waals surface area contributed by atoms with Gasteiger partial charge in [-0.3, -0.25) is 0 Å². The van der Waals surface area contributed by atoms with Crippen LogP contribution in [0.5, 0.6) is 0 Å². The molecule has 0 aliphatic heterocycles. The quantitative estimate of drug-likeness (QED) is 0.497. The Labute approximate surface area is 55.4 Å². The molecule has 9 heavy (non-hydrogen) atoms. The normalized spacial score (nSPS) is 34.9. The first kappa shape index (κ1) is 6.78. The van der Waals surface area contributed by atoms with E-state index in [1.165, 1.54) is 0 Å². The van der Waals surface area contributed by atoms with Crippen LogP contribution in [0.2, 0.25) is 0 Å². The highest BCUT2D eigenvalue weighted by atomic mass is 16.3. The van der Waals surface area contributed by atoms with E-state index < -0.39 is 0 Å². The molecule has 2 heteroatoms. The molecule has 2 atom stereocenters. The molecule has 0 aromatic carbocycles. The highest BCUT2D eigenvalue weighted by Gasteiger charge is 2.16. The van der Waals surface area contributed by atoms with Crippen LogP contribution in [0.4, 0.5) is 0 Å². The SMILES string of the molecule is N[C@H]1CC=CC[C@H]1CO. The topological polar surface area (TPSA) is 46.2 Å². The molecule has 0 aromatic rings. The number of aliphatic hydroxyl groups is 1. The van der Waals surface area contributed by atoms with Crippen LogP contribution >= 0.6 is 0 Å². The molecule has 1 aliphatic carbocycles. The summed E-state index contributed by atoms with van der Waals surface area (Å²) in [4.78, 5) is 0. The number of allylic oxidation sites excluding steroid dienone is 1. The summed E-state index contributed by atoms with van der Waals surface area (Å²) in [6.45, 7) is 0.228. The molecule has 0 radical (unpaired) electrons. The maximum atomic E-state index is 8.75. The Morgan fingerprint density at radius 2 is 2.11 bits per heavy atom. The van der Waals surface area contributed by atoms with E-state index in [0.717, 1.165) is 12.8 Å². The van der Waals surface area contributed by atoms with Crippen LogP contribution in [0.3, 0.4) is 0 Å². The van der Waals surface area contributed by atoms with Crippen molar-refractivity contribution in [2.24, 2.45) is 11.7 Å². The Morgan fingerprint density at radius 1 is 1.44 bits per heavy atom. The van der Waals surface area contributed by atoms with Crippen molar-refractivity contribution in [1.82, 2.24) is 0 Å². The van der Waals surface area contributed by atoms with Crippen molar-refractivity contribution in [3.63, 3.8) is 0 Å². The standard InChI is InChI=1S/C7H13NO/c8-7-4-2-1-3-6(7)5-9/h1-2,6-7,9H,3-5,8H2/t6-,7-/m0/s1. The molecule has 0 heterocycles. The van der Waals surface area contributed by atoms with E-state index >= 15 is 0 Å². The molecule has 0 spiro atoms. The van der Waals surface area contributed by atoms with Crippen molar-refractivity contribution in [3.8, 4) is 0 Å². The van der Waals surface area contributed by atoms with Crippen LogP contribution in [0, 0.1) is 5.92 Å². The van der Waals surface area contributed by atoms with Gasteiger partial charge in [0.15, 0.2) is 0 Å². The van der Waals surface area contributed by atoms with Crippen LogP contribution in [0.15, 0.2) is 12.2 Å². The summed E-state index contributed by atoms with van der Waals surface area (Å²) < 4.78 is 0. The molecule has 0 aromatic heterocycles. The number of aliphatic hydroxyl groups excluding tert-OH is 1. The van der Waals surface area contributed by atoms with Gasteiger partial charge in [-0.25, -0.2) is 0 Å². The van der Waals surface area contributed by atoms with Gasteiger partial charge in [-0.2, -0.15) is 0 Å². The Kier molecular flexibility index (Phi) is 2.25. The molecule has 1 aliphatic rings. The third-order valence-corrected chi connectivity index (χ3v) is 1.85. The lowest BCUT2D eigenvalue weighted by molar-refractivity contribution is 0.202. The van der Waals surface area contributed by atoms with Gasteiger partial charge in [-0.1, -0.05) is 12.2 Å². The summed E-state index contributed by atoms with van der Waals surface area (Å²) in [5.41, 5.74) is 5.68. The number of hydrogen-bond acceptors (Lipinski definition) is 2.